The molecule has 1 aliphatic rings. The van der Waals surface area contributed by atoms with Gasteiger partial charge in [0.05, 0.1) is 0 Å². The van der Waals surface area contributed by atoms with Gasteiger partial charge in [-0.3, -0.25) is 0 Å². The van der Waals surface area contributed by atoms with Crippen molar-refractivity contribution in [1.29, 1.82) is 0 Å². The van der Waals surface area contributed by atoms with Crippen molar-refractivity contribution in [1.82, 2.24) is 0 Å². The van der Waals surface area contributed by atoms with Gasteiger partial charge in [-0.2, -0.15) is 0 Å². The Bertz CT molecular complexity index is 287. The van der Waals surface area contributed by atoms with Crippen LogP contribution in [-0.4, -0.2) is 0 Å². The SMILES string of the molecule is Fc1c[c]ccc1CC1CCCCC1. The van der Waals surface area contributed by atoms with E-state index in [2.05, 4.69) is 6.07 Å². The summed E-state index contributed by atoms with van der Waals surface area (Å²) in [6.45, 7) is 0. The Morgan fingerprint density at radius 1 is 1.29 bits per heavy atom. The summed E-state index contributed by atoms with van der Waals surface area (Å²) >= 11 is 0. The number of halogens is 1. The molecule has 1 radical (unpaired) electrons. The van der Waals surface area contributed by atoms with Gasteiger partial charge in [0.25, 0.3) is 0 Å². The first-order chi connectivity index (χ1) is 6.86. The van der Waals surface area contributed by atoms with E-state index in [1.807, 2.05) is 6.07 Å². The molecular formula is C13H16F. The van der Waals surface area contributed by atoms with Gasteiger partial charge in [-0.25, -0.2) is 4.39 Å². The van der Waals surface area contributed by atoms with Crippen molar-refractivity contribution in [2.75, 3.05) is 0 Å². The van der Waals surface area contributed by atoms with Crippen LogP contribution in [0.3, 0.4) is 0 Å². The third-order valence-corrected chi connectivity index (χ3v) is 3.13. The van der Waals surface area contributed by atoms with Gasteiger partial charge in [0.2, 0.25) is 0 Å². The highest BCUT2D eigenvalue weighted by Crippen LogP contribution is 2.27. The van der Waals surface area contributed by atoms with E-state index in [0.717, 1.165) is 12.0 Å². The van der Waals surface area contributed by atoms with Crippen LogP contribution in [0.1, 0.15) is 37.7 Å². The summed E-state index contributed by atoms with van der Waals surface area (Å²) in [6.07, 6.45) is 7.48. The molecule has 0 saturated heterocycles. The molecule has 0 atom stereocenters. The lowest BCUT2D eigenvalue weighted by Gasteiger charge is -2.21. The van der Waals surface area contributed by atoms with Crippen LogP contribution in [0.5, 0.6) is 0 Å². The van der Waals surface area contributed by atoms with Crippen LogP contribution in [0.4, 0.5) is 4.39 Å². The quantitative estimate of drug-likeness (QED) is 0.668. The molecule has 1 heteroatoms. The molecule has 0 spiro atoms. The summed E-state index contributed by atoms with van der Waals surface area (Å²) in [5, 5.41) is 0. The van der Waals surface area contributed by atoms with Crippen molar-refractivity contribution in [3.63, 3.8) is 0 Å². The molecule has 1 saturated carbocycles. The molecule has 0 aromatic heterocycles. The van der Waals surface area contributed by atoms with Crippen LogP contribution in [-0.2, 0) is 6.42 Å². The first kappa shape index (κ1) is 9.70. The zero-order chi connectivity index (χ0) is 9.80. The van der Waals surface area contributed by atoms with Crippen molar-refractivity contribution in [2.45, 2.75) is 38.5 Å². The molecule has 0 heterocycles. The fourth-order valence-corrected chi connectivity index (χ4v) is 2.31. The highest BCUT2D eigenvalue weighted by molar-refractivity contribution is 5.17. The Hall–Kier alpha value is -0.850. The maximum atomic E-state index is 13.3. The molecule has 14 heavy (non-hydrogen) atoms. The predicted molar refractivity (Wildman–Crippen MR) is 55.5 cm³/mol. The van der Waals surface area contributed by atoms with Crippen molar-refractivity contribution in [3.8, 4) is 0 Å². The average Bonchev–Trinajstić information content (AvgIpc) is 2.23. The van der Waals surface area contributed by atoms with Crippen LogP contribution < -0.4 is 0 Å². The van der Waals surface area contributed by atoms with E-state index >= 15 is 0 Å². The van der Waals surface area contributed by atoms with E-state index in [4.69, 9.17) is 0 Å². The minimum absolute atomic E-state index is 0.0851. The maximum absolute atomic E-state index is 13.3. The van der Waals surface area contributed by atoms with E-state index < -0.39 is 0 Å². The lowest BCUT2D eigenvalue weighted by Crippen LogP contribution is -2.10. The molecular weight excluding hydrogens is 175 g/mol. The molecule has 0 unspecified atom stereocenters. The van der Waals surface area contributed by atoms with E-state index in [9.17, 15) is 4.39 Å². The molecule has 2 rings (SSSR count). The fraction of sp³-hybridized carbons (Fsp3) is 0.538. The van der Waals surface area contributed by atoms with Gasteiger partial charge in [-0.05, 0) is 30.0 Å². The van der Waals surface area contributed by atoms with E-state index in [1.54, 1.807) is 6.07 Å². The molecule has 1 aliphatic carbocycles. The molecule has 75 valence electrons. The molecule has 0 amide bonds. The third kappa shape index (κ3) is 2.34. The van der Waals surface area contributed by atoms with E-state index in [-0.39, 0.29) is 5.82 Å². The first-order valence-corrected chi connectivity index (χ1v) is 5.51. The van der Waals surface area contributed by atoms with Crippen LogP contribution in [0.15, 0.2) is 18.2 Å². The molecule has 1 aromatic carbocycles. The average molecular weight is 191 g/mol. The van der Waals surface area contributed by atoms with Crippen LogP contribution in [0.2, 0.25) is 0 Å². The standard InChI is InChI=1S/C13H16F/c14-13-9-5-4-8-12(13)10-11-6-2-1-3-7-11/h4,8-9,11H,1-3,6-7,10H2. The van der Waals surface area contributed by atoms with Gasteiger partial charge in [-0.15, -0.1) is 0 Å². The molecule has 1 fully saturated rings. The highest BCUT2D eigenvalue weighted by Gasteiger charge is 2.15. The Morgan fingerprint density at radius 3 is 2.79 bits per heavy atom. The lowest BCUT2D eigenvalue weighted by molar-refractivity contribution is 0.353. The van der Waals surface area contributed by atoms with Crippen molar-refractivity contribution in [3.05, 3.63) is 35.6 Å². The van der Waals surface area contributed by atoms with Crippen LogP contribution in [0, 0.1) is 17.8 Å². The largest absolute Gasteiger partial charge is 0.207 e. The summed E-state index contributed by atoms with van der Waals surface area (Å²) in [4.78, 5) is 0. The molecule has 0 bridgehead atoms. The Labute approximate surface area is 85.1 Å². The summed E-state index contributed by atoms with van der Waals surface area (Å²) in [7, 11) is 0. The van der Waals surface area contributed by atoms with E-state index in [0.29, 0.717) is 5.92 Å². The van der Waals surface area contributed by atoms with Gasteiger partial charge in [0.15, 0.2) is 0 Å². The number of benzene rings is 1. The summed E-state index contributed by atoms with van der Waals surface area (Å²) in [5.41, 5.74) is 0.871. The van der Waals surface area contributed by atoms with E-state index in [1.165, 1.54) is 38.2 Å². The highest BCUT2D eigenvalue weighted by atomic mass is 19.1. The summed E-state index contributed by atoms with van der Waals surface area (Å²) < 4.78 is 13.3. The number of hydrogen-bond acceptors (Lipinski definition) is 0. The lowest BCUT2D eigenvalue weighted by atomic mass is 9.85. The summed E-state index contributed by atoms with van der Waals surface area (Å²) in [6, 6.07) is 7.88. The summed E-state index contributed by atoms with van der Waals surface area (Å²) in [5.74, 6) is 0.624. The smallest absolute Gasteiger partial charge is 0.127 e. The van der Waals surface area contributed by atoms with Gasteiger partial charge in [0.1, 0.15) is 5.82 Å². The topological polar surface area (TPSA) is 0 Å². The monoisotopic (exact) mass is 191 g/mol. The molecule has 0 N–H and O–H groups in total. The first-order valence-electron chi connectivity index (χ1n) is 5.51. The molecule has 0 aliphatic heterocycles. The second kappa shape index (κ2) is 4.59. The minimum Gasteiger partial charge on any atom is -0.207 e. The van der Waals surface area contributed by atoms with Gasteiger partial charge < -0.3 is 0 Å². The minimum atomic E-state index is -0.0851. The second-order valence-electron chi connectivity index (χ2n) is 4.23. The van der Waals surface area contributed by atoms with Gasteiger partial charge >= 0.3 is 0 Å². The Balaban J connectivity index is 1.99. The van der Waals surface area contributed by atoms with Gasteiger partial charge in [-0.1, -0.05) is 44.2 Å². The zero-order valence-corrected chi connectivity index (χ0v) is 8.43. The van der Waals surface area contributed by atoms with Crippen molar-refractivity contribution in [2.24, 2.45) is 5.92 Å². The third-order valence-electron chi connectivity index (χ3n) is 3.13. The van der Waals surface area contributed by atoms with Crippen molar-refractivity contribution < 1.29 is 4.39 Å². The Morgan fingerprint density at radius 2 is 2.07 bits per heavy atom. The van der Waals surface area contributed by atoms with Crippen molar-refractivity contribution >= 4 is 0 Å². The Kier molecular flexibility index (Phi) is 3.18. The number of hydrogen-bond donors (Lipinski definition) is 0. The van der Waals surface area contributed by atoms with Crippen LogP contribution >= 0.6 is 0 Å². The van der Waals surface area contributed by atoms with Gasteiger partial charge in [0, 0.05) is 0 Å². The zero-order valence-electron chi connectivity index (χ0n) is 8.43. The van der Waals surface area contributed by atoms with Crippen LogP contribution in [0.25, 0.3) is 0 Å². The second-order valence-corrected chi connectivity index (χ2v) is 4.23. The number of rotatable bonds is 2. The normalized spacial score (nSPS) is 18.4. The molecule has 1 aromatic rings. The maximum Gasteiger partial charge on any atom is 0.127 e. The fourth-order valence-electron chi connectivity index (χ4n) is 2.31. The molecule has 0 nitrogen and oxygen atoms in total. The predicted octanol–water partition coefficient (Wildman–Crippen LogP) is 3.75.